The Morgan fingerprint density at radius 1 is 1.25 bits per heavy atom. The van der Waals surface area contributed by atoms with Crippen LogP contribution in [0, 0.1) is 10.1 Å². The molecule has 8 nitrogen and oxygen atoms in total. The molecule has 8 heteroatoms. The standard InChI is InChI=1S/C16H21N3O5/c1-17-13-7-6-12(10-14(13)19(22)23)16(21)24-11-15(20)18-8-4-2-3-5-9-18/h6-7,10,17H,2-5,8-9,11H2,1H3. The van der Waals surface area contributed by atoms with Crippen LogP contribution in [-0.2, 0) is 9.53 Å². The molecule has 1 aliphatic rings. The van der Waals surface area contributed by atoms with E-state index in [1.807, 2.05) is 0 Å². The predicted octanol–water partition coefficient (Wildman–Crippen LogP) is 2.20. The summed E-state index contributed by atoms with van der Waals surface area (Å²) in [5, 5.41) is 13.7. The predicted molar refractivity (Wildman–Crippen MR) is 88.0 cm³/mol. The largest absolute Gasteiger partial charge is 0.452 e. The van der Waals surface area contributed by atoms with Crippen molar-refractivity contribution in [3.63, 3.8) is 0 Å². The fourth-order valence-electron chi connectivity index (χ4n) is 2.64. The van der Waals surface area contributed by atoms with Gasteiger partial charge in [-0.2, -0.15) is 0 Å². The molecule has 1 aliphatic heterocycles. The molecule has 24 heavy (non-hydrogen) atoms. The number of anilines is 1. The molecule has 0 atom stereocenters. The van der Waals surface area contributed by atoms with Gasteiger partial charge in [0, 0.05) is 26.2 Å². The Balaban J connectivity index is 1.98. The van der Waals surface area contributed by atoms with Crippen molar-refractivity contribution in [2.75, 3.05) is 32.1 Å². The van der Waals surface area contributed by atoms with Gasteiger partial charge in [0.1, 0.15) is 5.69 Å². The average molecular weight is 335 g/mol. The van der Waals surface area contributed by atoms with Crippen LogP contribution >= 0.6 is 0 Å². The van der Waals surface area contributed by atoms with Gasteiger partial charge in [-0.3, -0.25) is 14.9 Å². The highest BCUT2D eigenvalue weighted by Crippen LogP contribution is 2.25. The minimum Gasteiger partial charge on any atom is -0.452 e. The Labute approximate surface area is 139 Å². The quantitative estimate of drug-likeness (QED) is 0.503. The molecular formula is C16H21N3O5. The third kappa shape index (κ3) is 4.43. The molecule has 0 aromatic heterocycles. The first-order chi connectivity index (χ1) is 11.5. The highest BCUT2D eigenvalue weighted by atomic mass is 16.6. The first-order valence-corrected chi connectivity index (χ1v) is 7.94. The first kappa shape index (κ1) is 17.7. The Kier molecular flexibility index (Phi) is 6.11. The van der Waals surface area contributed by atoms with E-state index in [0.717, 1.165) is 31.7 Å². The van der Waals surface area contributed by atoms with Gasteiger partial charge in [0.05, 0.1) is 10.5 Å². The second kappa shape index (κ2) is 8.28. The minimum atomic E-state index is -0.746. The number of amides is 1. The van der Waals surface area contributed by atoms with Gasteiger partial charge in [-0.15, -0.1) is 0 Å². The van der Waals surface area contributed by atoms with Crippen LogP contribution in [-0.4, -0.2) is 48.4 Å². The maximum atomic E-state index is 12.1. The zero-order valence-electron chi connectivity index (χ0n) is 13.6. The number of nitrogens with one attached hydrogen (secondary N) is 1. The van der Waals surface area contributed by atoms with E-state index in [4.69, 9.17) is 4.74 Å². The normalized spacial score (nSPS) is 14.6. The molecule has 0 aliphatic carbocycles. The van der Waals surface area contributed by atoms with Gasteiger partial charge >= 0.3 is 5.97 Å². The van der Waals surface area contributed by atoms with Crippen molar-refractivity contribution in [3.8, 4) is 0 Å². The Morgan fingerprint density at radius 2 is 1.92 bits per heavy atom. The minimum absolute atomic E-state index is 0.0457. The van der Waals surface area contributed by atoms with Crippen LogP contribution in [0.4, 0.5) is 11.4 Å². The zero-order chi connectivity index (χ0) is 17.5. The lowest BCUT2D eigenvalue weighted by atomic mass is 10.1. The summed E-state index contributed by atoms with van der Waals surface area (Å²) in [6, 6.07) is 4.01. The van der Waals surface area contributed by atoms with Crippen LogP contribution in [0.25, 0.3) is 0 Å². The van der Waals surface area contributed by atoms with Crippen molar-refractivity contribution in [2.45, 2.75) is 25.7 Å². The number of esters is 1. The van der Waals surface area contributed by atoms with Gasteiger partial charge in [0.15, 0.2) is 6.61 Å². The maximum Gasteiger partial charge on any atom is 0.338 e. The fraction of sp³-hybridized carbons (Fsp3) is 0.500. The monoisotopic (exact) mass is 335 g/mol. The number of likely N-dealkylation sites (tertiary alicyclic amines) is 1. The highest BCUT2D eigenvalue weighted by molar-refractivity contribution is 5.93. The van der Waals surface area contributed by atoms with Crippen molar-refractivity contribution >= 4 is 23.3 Å². The molecule has 0 bridgehead atoms. The molecule has 2 rings (SSSR count). The Morgan fingerprint density at radius 3 is 2.50 bits per heavy atom. The second-order valence-electron chi connectivity index (χ2n) is 5.61. The number of nitrogens with zero attached hydrogens (tertiary/aromatic N) is 2. The molecule has 0 radical (unpaired) electrons. The molecule has 130 valence electrons. The lowest BCUT2D eigenvalue weighted by Gasteiger charge is -2.19. The molecule has 1 N–H and O–H groups in total. The second-order valence-corrected chi connectivity index (χ2v) is 5.61. The van der Waals surface area contributed by atoms with E-state index in [1.54, 1.807) is 11.9 Å². The number of hydrogen-bond acceptors (Lipinski definition) is 6. The van der Waals surface area contributed by atoms with Crippen molar-refractivity contribution in [2.24, 2.45) is 0 Å². The molecule has 0 spiro atoms. The van der Waals surface area contributed by atoms with Gasteiger partial charge in [0.2, 0.25) is 0 Å². The van der Waals surface area contributed by atoms with Gasteiger partial charge in [-0.25, -0.2) is 4.79 Å². The first-order valence-electron chi connectivity index (χ1n) is 7.94. The van der Waals surface area contributed by atoms with E-state index in [-0.39, 0.29) is 23.8 Å². The number of nitro benzene ring substituents is 1. The van der Waals surface area contributed by atoms with Crippen LogP contribution in [0.5, 0.6) is 0 Å². The van der Waals surface area contributed by atoms with E-state index >= 15 is 0 Å². The van der Waals surface area contributed by atoms with Gasteiger partial charge in [-0.1, -0.05) is 12.8 Å². The topological polar surface area (TPSA) is 102 Å². The highest BCUT2D eigenvalue weighted by Gasteiger charge is 2.20. The van der Waals surface area contributed by atoms with E-state index in [0.29, 0.717) is 18.8 Å². The number of nitro groups is 1. The van der Waals surface area contributed by atoms with E-state index in [9.17, 15) is 19.7 Å². The number of ether oxygens (including phenoxy) is 1. The van der Waals surface area contributed by atoms with Crippen molar-refractivity contribution in [1.82, 2.24) is 4.90 Å². The molecule has 1 amide bonds. The summed E-state index contributed by atoms with van der Waals surface area (Å²) in [4.78, 5) is 36.3. The number of rotatable bonds is 5. The fourth-order valence-corrected chi connectivity index (χ4v) is 2.64. The van der Waals surface area contributed by atoms with Crippen LogP contribution < -0.4 is 5.32 Å². The van der Waals surface area contributed by atoms with Crippen LogP contribution in [0.3, 0.4) is 0 Å². The summed E-state index contributed by atoms with van der Waals surface area (Å²) in [5.41, 5.74) is 0.132. The van der Waals surface area contributed by atoms with Gasteiger partial charge < -0.3 is 15.0 Å². The van der Waals surface area contributed by atoms with Crippen LogP contribution in [0.1, 0.15) is 36.0 Å². The van der Waals surface area contributed by atoms with Gasteiger partial charge in [-0.05, 0) is 25.0 Å². The summed E-state index contributed by atoms with van der Waals surface area (Å²) in [5.74, 6) is -0.976. The molecule has 1 heterocycles. The number of hydrogen-bond donors (Lipinski definition) is 1. The van der Waals surface area contributed by atoms with Crippen LogP contribution in [0.2, 0.25) is 0 Å². The molecule has 1 aromatic rings. The average Bonchev–Trinajstić information content (AvgIpc) is 2.88. The summed E-state index contributed by atoms with van der Waals surface area (Å²) in [6.45, 7) is 1.01. The number of benzene rings is 1. The summed E-state index contributed by atoms with van der Waals surface area (Å²) < 4.78 is 5.02. The Bertz CT molecular complexity index is 624. The zero-order valence-corrected chi connectivity index (χ0v) is 13.6. The molecule has 0 unspecified atom stereocenters. The third-order valence-electron chi connectivity index (χ3n) is 3.98. The van der Waals surface area contributed by atoms with Gasteiger partial charge in [0.25, 0.3) is 11.6 Å². The summed E-state index contributed by atoms with van der Waals surface area (Å²) in [7, 11) is 1.56. The van der Waals surface area contributed by atoms with Crippen molar-refractivity contribution in [3.05, 3.63) is 33.9 Å². The van der Waals surface area contributed by atoms with Crippen molar-refractivity contribution in [1.29, 1.82) is 0 Å². The van der Waals surface area contributed by atoms with Crippen LogP contribution in [0.15, 0.2) is 18.2 Å². The third-order valence-corrected chi connectivity index (χ3v) is 3.98. The SMILES string of the molecule is CNc1ccc(C(=O)OCC(=O)N2CCCCCC2)cc1[N+](=O)[O-]. The maximum absolute atomic E-state index is 12.1. The molecule has 1 fully saturated rings. The lowest BCUT2D eigenvalue weighted by Crippen LogP contribution is -2.35. The molecule has 1 aromatic carbocycles. The molecule has 1 saturated heterocycles. The van der Waals surface area contributed by atoms with Crippen molar-refractivity contribution < 1.29 is 19.2 Å². The smallest absolute Gasteiger partial charge is 0.338 e. The molecule has 0 saturated carbocycles. The number of carbonyl (C=O) groups is 2. The summed E-state index contributed by atoms with van der Waals surface area (Å²) in [6.07, 6.45) is 4.12. The summed E-state index contributed by atoms with van der Waals surface area (Å²) >= 11 is 0. The van der Waals surface area contributed by atoms with E-state index in [1.165, 1.54) is 12.1 Å². The molecular weight excluding hydrogens is 314 g/mol. The van der Waals surface area contributed by atoms with E-state index < -0.39 is 10.9 Å². The van der Waals surface area contributed by atoms with E-state index in [2.05, 4.69) is 5.32 Å². The lowest BCUT2D eigenvalue weighted by molar-refractivity contribution is -0.384. The number of carbonyl (C=O) groups excluding carboxylic acids is 2. The Hall–Kier alpha value is -2.64.